The SMILES string of the molecule is Cc1ccc(C)c(NC(=O)CN2C(=O)c3cccnc3Sc3ccccc32)c1. The number of hydrogen-bond acceptors (Lipinski definition) is 4. The van der Waals surface area contributed by atoms with E-state index in [1.807, 2.05) is 56.3 Å². The number of aryl methyl sites for hydroxylation is 2. The van der Waals surface area contributed by atoms with E-state index in [9.17, 15) is 9.59 Å². The van der Waals surface area contributed by atoms with Crippen LogP contribution in [0.25, 0.3) is 0 Å². The summed E-state index contributed by atoms with van der Waals surface area (Å²) in [5.74, 6) is -0.467. The van der Waals surface area contributed by atoms with E-state index < -0.39 is 0 Å². The van der Waals surface area contributed by atoms with Gasteiger partial charge in [0.05, 0.1) is 11.3 Å². The first kappa shape index (κ1) is 18.3. The molecule has 0 saturated carbocycles. The maximum absolute atomic E-state index is 13.2. The third-order valence-electron chi connectivity index (χ3n) is 4.58. The molecule has 2 heterocycles. The molecule has 0 aliphatic carbocycles. The monoisotopic (exact) mass is 389 g/mol. The Hall–Kier alpha value is -3.12. The van der Waals surface area contributed by atoms with Gasteiger partial charge in [-0.1, -0.05) is 36.0 Å². The Labute approximate surface area is 167 Å². The fraction of sp³-hybridized carbons (Fsp3) is 0.136. The Kier molecular flexibility index (Phi) is 4.88. The number of nitrogens with zero attached hydrogens (tertiary/aromatic N) is 2. The van der Waals surface area contributed by atoms with Gasteiger partial charge in [-0.25, -0.2) is 4.98 Å². The molecule has 5 nitrogen and oxygen atoms in total. The van der Waals surface area contributed by atoms with Gasteiger partial charge in [0.25, 0.3) is 5.91 Å². The van der Waals surface area contributed by atoms with Crippen molar-refractivity contribution in [3.05, 3.63) is 77.5 Å². The Balaban J connectivity index is 1.67. The van der Waals surface area contributed by atoms with Crippen LogP contribution in [0.4, 0.5) is 11.4 Å². The van der Waals surface area contributed by atoms with E-state index in [4.69, 9.17) is 0 Å². The number of rotatable bonds is 3. The number of pyridine rings is 1. The molecule has 0 fully saturated rings. The van der Waals surface area contributed by atoms with Crippen molar-refractivity contribution in [1.29, 1.82) is 0 Å². The summed E-state index contributed by atoms with van der Waals surface area (Å²) in [5, 5.41) is 3.59. The Morgan fingerprint density at radius 1 is 1.11 bits per heavy atom. The minimum atomic E-state index is -0.241. The number of benzene rings is 2. The summed E-state index contributed by atoms with van der Waals surface area (Å²) in [6.45, 7) is 3.85. The number of amides is 2. The first-order valence-corrected chi connectivity index (χ1v) is 9.75. The summed E-state index contributed by atoms with van der Waals surface area (Å²) in [6.07, 6.45) is 1.67. The maximum atomic E-state index is 13.2. The second kappa shape index (κ2) is 7.48. The molecule has 3 aromatic rings. The molecule has 0 atom stereocenters. The smallest absolute Gasteiger partial charge is 0.261 e. The van der Waals surface area contributed by atoms with Crippen LogP contribution in [0.1, 0.15) is 21.5 Å². The summed E-state index contributed by atoms with van der Waals surface area (Å²) < 4.78 is 0. The lowest BCUT2D eigenvalue weighted by Gasteiger charge is -2.22. The normalized spacial score (nSPS) is 12.8. The van der Waals surface area contributed by atoms with Crippen molar-refractivity contribution in [3.8, 4) is 0 Å². The summed E-state index contributed by atoms with van der Waals surface area (Å²) >= 11 is 1.44. The van der Waals surface area contributed by atoms with Crippen LogP contribution in [-0.2, 0) is 4.79 Å². The molecule has 1 aliphatic rings. The topological polar surface area (TPSA) is 62.3 Å². The summed E-state index contributed by atoms with van der Waals surface area (Å²) in [6, 6.07) is 17.0. The van der Waals surface area contributed by atoms with Crippen molar-refractivity contribution in [2.45, 2.75) is 23.8 Å². The zero-order valence-corrected chi connectivity index (χ0v) is 16.4. The second-order valence-corrected chi connectivity index (χ2v) is 7.71. The summed E-state index contributed by atoms with van der Waals surface area (Å²) in [4.78, 5) is 32.8. The molecule has 0 unspecified atom stereocenters. The molecular formula is C22H19N3O2S. The Morgan fingerprint density at radius 2 is 1.93 bits per heavy atom. The quantitative estimate of drug-likeness (QED) is 0.719. The fourth-order valence-corrected chi connectivity index (χ4v) is 4.14. The van der Waals surface area contributed by atoms with Gasteiger partial charge in [0, 0.05) is 16.8 Å². The lowest BCUT2D eigenvalue weighted by Crippen LogP contribution is -2.38. The van der Waals surface area contributed by atoms with E-state index in [1.54, 1.807) is 18.3 Å². The molecule has 6 heteroatoms. The van der Waals surface area contributed by atoms with Gasteiger partial charge in [-0.05, 0) is 55.3 Å². The van der Waals surface area contributed by atoms with E-state index in [0.717, 1.165) is 21.7 Å². The molecule has 0 spiro atoms. The van der Waals surface area contributed by atoms with Crippen molar-refractivity contribution in [2.75, 3.05) is 16.8 Å². The molecule has 1 aromatic heterocycles. The lowest BCUT2D eigenvalue weighted by atomic mass is 10.1. The number of anilines is 2. The van der Waals surface area contributed by atoms with Crippen molar-refractivity contribution in [1.82, 2.24) is 4.98 Å². The average Bonchev–Trinajstić information content (AvgIpc) is 2.80. The summed E-state index contributed by atoms with van der Waals surface area (Å²) in [7, 11) is 0. The van der Waals surface area contributed by atoms with Crippen molar-refractivity contribution < 1.29 is 9.59 Å². The summed E-state index contributed by atoms with van der Waals surface area (Å²) in [5.41, 5.74) is 4.02. The molecule has 4 rings (SSSR count). The highest BCUT2D eigenvalue weighted by Gasteiger charge is 2.29. The number of carbonyl (C=O) groups excluding carboxylic acids is 2. The van der Waals surface area contributed by atoms with Crippen LogP contribution in [-0.4, -0.2) is 23.3 Å². The third-order valence-corrected chi connectivity index (χ3v) is 5.66. The van der Waals surface area contributed by atoms with E-state index in [-0.39, 0.29) is 18.4 Å². The van der Waals surface area contributed by atoms with E-state index in [2.05, 4.69) is 10.3 Å². The number of para-hydroxylation sites is 1. The van der Waals surface area contributed by atoms with E-state index in [1.165, 1.54) is 16.7 Å². The molecule has 1 N–H and O–H groups in total. The molecular weight excluding hydrogens is 370 g/mol. The second-order valence-electron chi connectivity index (χ2n) is 6.68. The van der Waals surface area contributed by atoms with Crippen LogP contribution < -0.4 is 10.2 Å². The van der Waals surface area contributed by atoms with Crippen LogP contribution in [0.2, 0.25) is 0 Å². The third kappa shape index (κ3) is 3.51. The van der Waals surface area contributed by atoms with Crippen molar-refractivity contribution in [3.63, 3.8) is 0 Å². The van der Waals surface area contributed by atoms with Gasteiger partial charge in [0.15, 0.2) is 0 Å². The predicted molar refractivity (Wildman–Crippen MR) is 111 cm³/mol. The van der Waals surface area contributed by atoms with Crippen molar-refractivity contribution >= 4 is 35.0 Å². The number of hydrogen-bond donors (Lipinski definition) is 1. The predicted octanol–water partition coefficient (Wildman–Crippen LogP) is 4.45. The number of carbonyl (C=O) groups is 2. The van der Waals surface area contributed by atoms with Gasteiger partial charge >= 0.3 is 0 Å². The largest absolute Gasteiger partial charge is 0.324 e. The van der Waals surface area contributed by atoms with Crippen LogP contribution in [0.3, 0.4) is 0 Å². The van der Waals surface area contributed by atoms with Gasteiger partial charge in [-0.2, -0.15) is 0 Å². The van der Waals surface area contributed by atoms with E-state index in [0.29, 0.717) is 16.3 Å². The maximum Gasteiger partial charge on any atom is 0.261 e. The number of aromatic nitrogens is 1. The first-order chi connectivity index (χ1) is 13.5. The van der Waals surface area contributed by atoms with Gasteiger partial charge in [-0.15, -0.1) is 0 Å². The first-order valence-electron chi connectivity index (χ1n) is 8.94. The van der Waals surface area contributed by atoms with Gasteiger partial charge in [-0.3, -0.25) is 14.5 Å². The molecule has 28 heavy (non-hydrogen) atoms. The van der Waals surface area contributed by atoms with Gasteiger partial charge < -0.3 is 5.32 Å². The van der Waals surface area contributed by atoms with Gasteiger partial charge in [0.1, 0.15) is 11.6 Å². The Bertz CT molecular complexity index is 1080. The highest BCUT2D eigenvalue weighted by molar-refractivity contribution is 7.99. The number of fused-ring (bicyclic) bond motifs is 2. The molecule has 0 saturated heterocycles. The molecule has 0 bridgehead atoms. The molecule has 0 radical (unpaired) electrons. The standard InChI is InChI=1S/C22H19N3O2S/c1-14-9-10-15(2)17(12-14)24-20(26)13-25-18-7-3-4-8-19(18)28-21-16(22(25)27)6-5-11-23-21/h3-12H,13H2,1-2H3,(H,24,26). The van der Waals surface area contributed by atoms with Crippen LogP contribution in [0.5, 0.6) is 0 Å². The van der Waals surface area contributed by atoms with Crippen LogP contribution in [0.15, 0.2) is 70.7 Å². The molecule has 140 valence electrons. The minimum absolute atomic E-state index is 0.0713. The number of nitrogens with one attached hydrogen (secondary N) is 1. The highest BCUT2D eigenvalue weighted by Crippen LogP contribution is 2.39. The minimum Gasteiger partial charge on any atom is -0.324 e. The van der Waals surface area contributed by atoms with E-state index >= 15 is 0 Å². The fourth-order valence-electron chi connectivity index (χ4n) is 3.12. The highest BCUT2D eigenvalue weighted by atomic mass is 32.2. The zero-order valence-electron chi connectivity index (χ0n) is 15.6. The van der Waals surface area contributed by atoms with Crippen molar-refractivity contribution in [2.24, 2.45) is 0 Å². The molecule has 2 amide bonds. The van der Waals surface area contributed by atoms with Gasteiger partial charge in [0.2, 0.25) is 5.91 Å². The lowest BCUT2D eigenvalue weighted by molar-refractivity contribution is -0.114. The molecule has 2 aromatic carbocycles. The van der Waals surface area contributed by atoms with Crippen LogP contribution in [0, 0.1) is 13.8 Å². The average molecular weight is 389 g/mol. The van der Waals surface area contributed by atoms with Crippen LogP contribution >= 0.6 is 11.8 Å². The Morgan fingerprint density at radius 3 is 2.79 bits per heavy atom. The zero-order chi connectivity index (χ0) is 19.7. The molecule has 1 aliphatic heterocycles.